The number of esters is 1. The number of rotatable bonds is 2. The van der Waals surface area contributed by atoms with E-state index < -0.39 is 11.2 Å². The number of ether oxygens (including phenoxy) is 3. The van der Waals surface area contributed by atoms with Crippen molar-refractivity contribution < 1.29 is 19.0 Å². The summed E-state index contributed by atoms with van der Waals surface area (Å²) in [6.07, 6.45) is 12.6. The highest BCUT2D eigenvalue weighted by Crippen LogP contribution is 2.69. The molecule has 0 spiro atoms. The fourth-order valence-corrected chi connectivity index (χ4v) is 9.02. The molecule has 1 aliphatic heterocycles. The van der Waals surface area contributed by atoms with E-state index in [2.05, 4.69) is 13.8 Å². The molecule has 0 radical (unpaired) electrons. The van der Waals surface area contributed by atoms with Gasteiger partial charge < -0.3 is 14.2 Å². The lowest BCUT2D eigenvalue weighted by atomic mass is 9.44. The second-order valence-corrected chi connectivity index (χ2v) is 10.8. The van der Waals surface area contributed by atoms with Crippen molar-refractivity contribution in [3.05, 3.63) is 0 Å². The molecule has 0 aromatic heterocycles. The topological polar surface area (TPSA) is 44.8 Å². The van der Waals surface area contributed by atoms with Crippen LogP contribution < -0.4 is 0 Å². The summed E-state index contributed by atoms with van der Waals surface area (Å²) in [4.78, 5) is 13.4. The molecule has 0 amide bonds. The minimum Gasteiger partial charge on any atom is -0.469 e. The molecule has 0 bridgehead atoms. The molecule has 4 saturated carbocycles. The van der Waals surface area contributed by atoms with Crippen LogP contribution in [0.3, 0.4) is 0 Å². The first-order valence-corrected chi connectivity index (χ1v) is 11.8. The third-order valence-electron chi connectivity index (χ3n) is 10.2. The standard InChI is InChI=1S/C24H38O4/c1-22-12-5-4-6-16(22)7-8-17-18(22)11-13-24(21(25)26-3)19(17)9-10-20(24)23(2)27-14-15-28-23/h16-20H,4-15H2,1-3H3. The first kappa shape index (κ1) is 19.4. The van der Waals surface area contributed by atoms with Gasteiger partial charge in [0.05, 0.1) is 25.7 Å². The maximum Gasteiger partial charge on any atom is 0.312 e. The quantitative estimate of drug-likeness (QED) is 0.626. The van der Waals surface area contributed by atoms with E-state index in [1.165, 1.54) is 44.9 Å². The number of methoxy groups -OCH3 is 1. The fraction of sp³-hybridized carbons (Fsp3) is 0.958. The summed E-state index contributed by atoms with van der Waals surface area (Å²) < 4.78 is 17.7. The predicted octanol–water partition coefficient (Wildman–Crippen LogP) is 4.95. The molecule has 0 N–H and O–H groups in total. The lowest BCUT2D eigenvalue weighted by Crippen LogP contribution is -2.58. The van der Waals surface area contributed by atoms with Crippen molar-refractivity contribution in [3.8, 4) is 0 Å². The van der Waals surface area contributed by atoms with Crippen molar-refractivity contribution in [2.45, 2.75) is 83.8 Å². The van der Waals surface area contributed by atoms with Gasteiger partial charge in [0.1, 0.15) is 0 Å². The van der Waals surface area contributed by atoms with Crippen molar-refractivity contribution >= 4 is 5.97 Å². The van der Waals surface area contributed by atoms with Crippen molar-refractivity contribution in [2.24, 2.45) is 40.4 Å². The molecule has 5 fully saturated rings. The molecule has 0 aromatic rings. The summed E-state index contributed by atoms with van der Waals surface area (Å²) in [5, 5.41) is 0. The van der Waals surface area contributed by atoms with Crippen LogP contribution in [0.4, 0.5) is 0 Å². The lowest BCUT2D eigenvalue weighted by molar-refractivity contribution is -0.228. The zero-order valence-electron chi connectivity index (χ0n) is 18.0. The largest absolute Gasteiger partial charge is 0.469 e. The van der Waals surface area contributed by atoms with Gasteiger partial charge >= 0.3 is 5.97 Å². The van der Waals surface area contributed by atoms with Crippen LogP contribution in [-0.4, -0.2) is 32.1 Å². The number of fused-ring (bicyclic) bond motifs is 5. The molecule has 4 nitrogen and oxygen atoms in total. The molecule has 4 aliphatic carbocycles. The van der Waals surface area contributed by atoms with Gasteiger partial charge in [0.2, 0.25) is 0 Å². The maximum absolute atomic E-state index is 13.4. The van der Waals surface area contributed by atoms with Gasteiger partial charge in [-0.15, -0.1) is 0 Å². The molecule has 1 saturated heterocycles. The Hall–Kier alpha value is -0.610. The van der Waals surface area contributed by atoms with Crippen LogP contribution in [0.5, 0.6) is 0 Å². The zero-order valence-corrected chi connectivity index (χ0v) is 18.0. The number of carbonyl (C=O) groups is 1. The highest BCUT2D eigenvalue weighted by Gasteiger charge is 2.68. The van der Waals surface area contributed by atoms with Crippen molar-refractivity contribution in [3.63, 3.8) is 0 Å². The van der Waals surface area contributed by atoms with Crippen LogP contribution in [0.1, 0.15) is 78.1 Å². The highest BCUT2D eigenvalue weighted by atomic mass is 16.7. The van der Waals surface area contributed by atoms with E-state index in [1.54, 1.807) is 7.11 Å². The molecule has 1 heterocycles. The number of carbonyl (C=O) groups excluding carboxylic acids is 1. The van der Waals surface area contributed by atoms with Crippen LogP contribution in [0.15, 0.2) is 0 Å². The van der Waals surface area contributed by atoms with E-state index in [0.29, 0.717) is 30.5 Å². The first-order valence-electron chi connectivity index (χ1n) is 11.8. The molecule has 0 aromatic carbocycles. The van der Waals surface area contributed by atoms with Gasteiger partial charge in [-0.2, -0.15) is 0 Å². The second kappa shape index (κ2) is 6.70. The third-order valence-corrected chi connectivity index (χ3v) is 10.2. The highest BCUT2D eigenvalue weighted by molar-refractivity contribution is 5.78. The van der Waals surface area contributed by atoms with E-state index in [0.717, 1.165) is 31.1 Å². The minimum atomic E-state index is -0.623. The molecule has 7 atom stereocenters. The zero-order chi connectivity index (χ0) is 19.6. The van der Waals surface area contributed by atoms with E-state index in [9.17, 15) is 4.79 Å². The minimum absolute atomic E-state index is 0.00898. The lowest BCUT2D eigenvalue weighted by Gasteiger charge is -2.60. The SMILES string of the molecule is COC(=O)C12CCC3C(CCC4CCCCC43C)C1CCC2C1(C)OCCO1. The van der Waals surface area contributed by atoms with Crippen LogP contribution in [0.25, 0.3) is 0 Å². The van der Waals surface area contributed by atoms with Gasteiger partial charge in [-0.25, -0.2) is 0 Å². The normalized spacial score (nSPS) is 49.8. The maximum atomic E-state index is 13.4. The Bertz CT molecular complexity index is 626. The van der Waals surface area contributed by atoms with Crippen molar-refractivity contribution in [1.29, 1.82) is 0 Å². The van der Waals surface area contributed by atoms with Crippen molar-refractivity contribution in [1.82, 2.24) is 0 Å². The molecule has 5 rings (SSSR count). The Balaban J connectivity index is 1.51. The Morgan fingerprint density at radius 1 is 0.893 bits per heavy atom. The van der Waals surface area contributed by atoms with E-state index in [-0.39, 0.29) is 11.9 Å². The van der Waals surface area contributed by atoms with Crippen molar-refractivity contribution in [2.75, 3.05) is 20.3 Å². The Labute approximate surface area is 170 Å². The molecule has 28 heavy (non-hydrogen) atoms. The first-order chi connectivity index (χ1) is 13.5. The summed E-state index contributed by atoms with van der Waals surface area (Å²) in [6, 6.07) is 0. The van der Waals surface area contributed by atoms with Gasteiger partial charge in [0.25, 0.3) is 0 Å². The van der Waals surface area contributed by atoms with E-state index in [4.69, 9.17) is 14.2 Å². The summed E-state index contributed by atoms with van der Waals surface area (Å²) >= 11 is 0. The number of hydrogen-bond acceptors (Lipinski definition) is 4. The average molecular weight is 391 g/mol. The van der Waals surface area contributed by atoms with Gasteiger partial charge in [0.15, 0.2) is 5.79 Å². The van der Waals surface area contributed by atoms with Gasteiger partial charge in [0, 0.05) is 5.92 Å². The number of hydrogen-bond donors (Lipinski definition) is 0. The summed E-state index contributed by atoms with van der Waals surface area (Å²) in [5.41, 5.74) is 0.0820. The van der Waals surface area contributed by atoms with Crippen LogP contribution in [0.2, 0.25) is 0 Å². The molecular weight excluding hydrogens is 352 g/mol. The summed E-state index contributed by atoms with van der Waals surface area (Å²) in [7, 11) is 1.58. The summed E-state index contributed by atoms with van der Waals surface area (Å²) in [6.45, 7) is 5.94. The Kier molecular flexibility index (Phi) is 4.63. The summed E-state index contributed by atoms with van der Waals surface area (Å²) in [5.74, 6) is 2.31. The second-order valence-electron chi connectivity index (χ2n) is 10.8. The molecular formula is C24H38O4. The molecule has 158 valence electrons. The Morgan fingerprint density at radius 2 is 1.68 bits per heavy atom. The van der Waals surface area contributed by atoms with Crippen LogP contribution in [-0.2, 0) is 19.0 Å². The van der Waals surface area contributed by atoms with E-state index in [1.807, 2.05) is 0 Å². The predicted molar refractivity (Wildman–Crippen MR) is 106 cm³/mol. The van der Waals surface area contributed by atoms with Gasteiger partial charge in [-0.05, 0) is 87.4 Å². The average Bonchev–Trinajstić information content (AvgIpc) is 3.32. The van der Waals surface area contributed by atoms with Gasteiger partial charge in [-0.3, -0.25) is 4.79 Å². The molecule has 5 aliphatic rings. The van der Waals surface area contributed by atoms with Crippen LogP contribution in [0, 0.1) is 40.4 Å². The molecule has 7 unspecified atom stereocenters. The van der Waals surface area contributed by atoms with Gasteiger partial charge in [-0.1, -0.05) is 19.8 Å². The van der Waals surface area contributed by atoms with Crippen LogP contribution >= 0.6 is 0 Å². The monoisotopic (exact) mass is 390 g/mol. The van der Waals surface area contributed by atoms with E-state index >= 15 is 0 Å². The fourth-order valence-electron chi connectivity index (χ4n) is 9.02. The smallest absolute Gasteiger partial charge is 0.312 e. The Morgan fingerprint density at radius 3 is 2.43 bits per heavy atom. The molecule has 4 heteroatoms. The third kappa shape index (κ3) is 2.46.